The Balaban J connectivity index is 1.87. The molecule has 3 aromatic rings. The minimum atomic E-state index is -0.279. The Hall–Kier alpha value is -2.70. The molecule has 2 amide bonds. The Bertz CT molecular complexity index is 1030. The van der Waals surface area contributed by atoms with Crippen molar-refractivity contribution in [2.24, 2.45) is 0 Å². The van der Waals surface area contributed by atoms with Crippen LogP contribution in [0.25, 0.3) is 10.6 Å². The number of carbonyl (C=O) groups is 2. The average molecular weight is 400 g/mol. The van der Waals surface area contributed by atoms with Gasteiger partial charge in [0.2, 0.25) is 5.91 Å². The third-order valence-electron chi connectivity index (χ3n) is 3.96. The number of aromatic nitrogens is 1. The highest BCUT2D eigenvalue weighted by atomic mass is 35.5. The number of hydrogen-bond acceptors (Lipinski definition) is 4. The van der Waals surface area contributed by atoms with Gasteiger partial charge in [-0.1, -0.05) is 29.8 Å². The van der Waals surface area contributed by atoms with E-state index in [9.17, 15) is 9.59 Å². The average Bonchev–Trinajstić information content (AvgIpc) is 3.00. The van der Waals surface area contributed by atoms with Gasteiger partial charge in [0.25, 0.3) is 5.91 Å². The SMILES string of the molecule is CC(=O)Nc1cccc(-c2nc(C(=O)Nc3cccc(Cl)c3C)c(C)s2)c1. The molecule has 0 fully saturated rings. The molecule has 138 valence electrons. The molecule has 0 bridgehead atoms. The minimum absolute atomic E-state index is 0.139. The maximum absolute atomic E-state index is 12.7. The van der Waals surface area contributed by atoms with E-state index in [4.69, 9.17) is 11.6 Å². The molecule has 27 heavy (non-hydrogen) atoms. The number of halogens is 1. The van der Waals surface area contributed by atoms with Gasteiger partial charge in [0.05, 0.1) is 0 Å². The molecule has 1 aromatic heterocycles. The molecule has 0 saturated heterocycles. The molecule has 7 heteroatoms. The van der Waals surface area contributed by atoms with Crippen molar-refractivity contribution in [1.82, 2.24) is 4.98 Å². The monoisotopic (exact) mass is 399 g/mol. The van der Waals surface area contributed by atoms with Gasteiger partial charge in [0.15, 0.2) is 0 Å². The van der Waals surface area contributed by atoms with E-state index in [0.29, 0.717) is 27.1 Å². The zero-order valence-corrected chi connectivity index (χ0v) is 16.7. The van der Waals surface area contributed by atoms with Crippen molar-refractivity contribution in [3.05, 3.63) is 63.6 Å². The first kappa shape index (κ1) is 19.1. The summed E-state index contributed by atoms with van der Waals surface area (Å²) >= 11 is 7.55. The Morgan fingerprint density at radius 3 is 2.56 bits per heavy atom. The Morgan fingerprint density at radius 2 is 1.81 bits per heavy atom. The smallest absolute Gasteiger partial charge is 0.275 e. The summed E-state index contributed by atoms with van der Waals surface area (Å²) in [6.45, 7) is 5.17. The van der Waals surface area contributed by atoms with Crippen LogP contribution in [-0.2, 0) is 4.79 Å². The summed E-state index contributed by atoms with van der Waals surface area (Å²) in [5.74, 6) is -0.419. The summed E-state index contributed by atoms with van der Waals surface area (Å²) in [6.07, 6.45) is 0. The van der Waals surface area contributed by atoms with Crippen LogP contribution in [0.5, 0.6) is 0 Å². The molecule has 0 spiro atoms. The second-order valence-electron chi connectivity index (χ2n) is 6.05. The Labute approximate surface area is 166 Å². The number of benzene rings is 2. The Kier molecular flexibility index (Phi) is 5.58. The number of nitrogens with zero attached hydrogens (tertiary/aromatic N) is 1. The highest BCUT2D eigenvalue weighted by Gasteiger charge is 2.18. The lowest BCUT2D eigenvalue weighted by molar-refractivity contribution is -0.114. The summed E-state index contributed by atoms with van der Waals surface area (Å²) in [7, 11) is 0. The maximum atomic E-state index is 12.7. The van der Waals surface area contributed by atoms with Crippen LogP contribution >= 0.6 is 22.9 Å². The number of carbonyl (C=O) groups excluding carboxylic acids is 2. The summed E-state index contributed by atoms with van der Waals surface area (Å²) in [5.41, 5.74) is 3.37. The van der Waals surface area contributed by atoms with Crippen LogP contribution in [0.15, 0.2) is 42.5 Å². The van der Waals surface area contributed by atoms with E-state index in [1.54, 1.807) is 24.3 Å². The third-order valence-corrected chi connectivity index (χ3v) is 5.39. The van der Waals surface area contributed by atoms with Crippen molar-refractivity contribution in [1.29, 1.82) is 0 Å². The fourth-order valence-electron chi connectivity index (χ4n) is 2.59. The molecule has 5 nitrogen and oxygen atoms in total. The lowest BCUT2D eigenvalue weighted by Gasteiger charge is -2.08. The van der Waals surface area contributed by atoms with Gasteiger partial charge >= 0.3 is 0 Å². The fraction of sp³-hybridized carbons (Fsp3) is 0.150. The Morgan fingerprint density at radius 1 is 1.07 bits per heavy atom. The summed E-state index contributed by atoms with van der Waals surface area (Å²) in [4.78, 5) is 29.3. The molecule has 1 heterocycles. The van der Waals surface area contributed by atoms with Crippen molar-refractivity contribution in [2.75, 3.05) is 10.6 Å². The molecule has 0 atom stereocenters. The van der Waals surface area contributed by atoms with E-state index in [2.05, 4.69) is 15.6 Å². The predicted octanol–water partition coefficient (Wildman–Crippen LogP) is 5.29. The lowest BCUT2D eigenvalue weighted by Crippen LogP contribution is -2.14. The van der Waals surface area contributed by atoms with Gasteiger partial charge in [-0.25, -0.2) is 4.98 Å². The zero-order chi connectivity index (χ0) is 19.6. The van der Waals surface area contributed by atoms with Gasteiger partial charge in [-0.05, 0) is 43.7 Å². The van der Waals surface area contributed by atoms with E-state index >= 15 is 0 Å². The minimum Gasteiger partial charge on any atom is -0.326 e. The van der Waals surface area contributed by atoms with Gasteiger partial charge in [-0.3, -0.25) is 9.59 Å². The van der Waals surface area contributed by atoms with E-state index < -0.39 is 0 Å². The van der Waals surface area contributed by atoms with Crippen LogP contribution in [-0.4, -0.2) is 16.8 Å². The number of aryl methyl sites for hydroxylation is 1. The van der Waals surface area contributed by atoms with Gasteiger partial charge in [0, 0.05) is 33.8 Å². The van der Waals surface area contributed by atoms with Crippen molar-refractivity contribution >= 4 is 46.1 Å². The van der Waals surface area contributed by atoms with E-state index in [0.717, 1.165) is 16.0 Å². The number of anilines is 2. The zero-order valence-electron chi connectivity index (χ0n) is 15.1. The molecule has 3 rings (SSSR count). The second-order valence-corrected chi connectivity index (χ2v) is 7.66. The van der Waals surface area contributed by atoms with Gasteiger partial charge < -0.3 is 10.6 Å². The molecule has 0 aliphatic carbocycles. The fourth-order valence-corrected chi connectivity index (χ4v) is 3.67. The molecule has 2 N–H and O–H groups in total. The first-order valence-electron chi connectivity index (χ1n) is 8.27. The molecule has 0 aliphatic rings. The lowest BCUT2D eigenvalue weighted by atomic mass is 10.2. The number of nitrogens with one attached hydrogen (secondary N) is 2. The molecular formula is C20H18ClN3O2S. The first-order valence-corrected chi connectivity index (χ1v) is 9.46. The first-order chi connectivity index (χ1) is 12.8. The maximum Gasteiger partial charge on any atom is 0.275 e. The van der Waals surface area contributed by atoms with Gasteiger partial charge in [0.1, 0.15) is 10.7 Å². The summed E-state index contributed by atoms with van der Waals surface area (Å²) in [6, 6.07) is 12.7. The van der Waals surface area contributed by atoms with E-state index in [1.807, 2.05) is 32.0 Å². The number of hydrogen-bond donors (Lipinski definition) is 2. The van der Waals surface area contributed by atoms with E-state index in [1.165, 1.54) is 18.3 Å². The van der Waals surface area contributed by atoms with Gasteiger partial charge in [-0.2, -0.15) is 0 Å². The summed E-state index contributed by atoms with van der Waals surface area (Å²) in [5, 5.41) is 6.93. The van der Waals surface area contributed by atoms with Crippen molar-refractivity contribution in [3.8, 4) is 10.6 Å². The number of amides is 2. The van der Waals surface area contributed by atoms with Gasteiger partial charge in [-0.15, -0.1) is 11.3 Å². The van der Waals surface area contributed by atoms with Crippen molar-refractivity contribution in [2.45, 2.75) is 20.8 Å². The van der Waals surface area contributed by atoms with E-state index in [-0.39, 0.29) is 11.8 Å². The highest BCUT2D eigenvalue weighted by molar-refractivity contribution is 7.15. The molecule has 0 aliphatic heterocycles. The topological polar surface area (TPSA) is 71.1 Å². The standard InChI is InChI=1S/C20H18ClN3O2S/c1-11-16(21)8-5-9-17(11)23-19(26)18-12(2)27-20(24-18)14-6-4-7-15(10-14)22-13(3)25/h4-10H,1-3H3,(H,22,25)(H,23,26). The van der Waals surface area contributed by atoms with Crippen LogP contribution in [0.3, 0.4) is 0 Å². The van der Waals surface area contributed by atoms with Crippen LogP contribution in [0, 0.1) is 13.8 Å². The van der Waals surface area contributed by atoms with Crippen LogP contribution in [0.1, 0.15) is 27.9 Å². The normalized spacial score (nSPS) is 10.5. The second kappa shape index (κ2) is 7.90. The molecule has 0 unspecified atom stereocenters. The highest BCUT2D eigenvalue weighted by Crippen LogP contribution is 2.30. The largest absolute Gasteiger partial charge is 0.326 e. The third kappa shape index (κ3) is 4.35. The number of thiazole rings is 1. The van der Waals surface area contributed by atoms with Crippen LogP contribution < -0.4 is 10.6 Å². The molecule has 0 saturated carbocycles. The summed E-state index contributed by atoms with van der Waals surface area (Å²) < 4.78 is 0. The number of rotatable bonds is 4. The predicted molar refractivity (Wildman–Crippen MR) is 111 cm³/mol. The molecular weight excluding hydrogens is 382 g/mol. The molecule has 0 radical (unpaired) electrons. The van der Waals surface area contributed by atoms with Crippen LogP contribution in [0.4, 0.5) is 11.4 Å². The van der Waals surface area contributed by atoms with Crippen LogP contribution in [0.2, 0.25) is 5.02 Å². The van der Waals surface area contributed by atoms with Crippen molar-refractivity contribution < 1.29 is 9.59 Å². The van der Waals surface area contributed by atoms with Crippen molar-refractivity contribution in [3.63, 3.8) is 0 Å². The quantitative estimate of drug-likeness (QED) is 0.626. The molecule has 2 aromatic carbocycles.